The molecule has 154 valence electrons. The fourth-order valence-corrected chi connectivity index (χ4v) is 2.49. The van der Waals surface area contributed by atoms with Crippen LogP contribution in [0.3, 0.4) is 0 Å². The van der Waals surface area contributed by atoms with Gasteiger partial charge in [-0.25, -0.2) is 9.59 Å². The number of esters is 2. The average Bonchev–Trinajstić information content (AvgIpc) is 2.79. The molecule has 0 radical (unpaired) electrons. The highest BCUT2D eigenvalue weighted by atomic mass is 16.6. The first-order valence-electron chi connectivity index (χ1n) is 9.13. The maximum atomic E-state index is 12.7. The van der Waals surface area contributed by atoms with Crippen molar-refractivity contribution in [2.24, 2.45) is 0 Å². The second-order valence-electron chi connectivity index (χ2n) is 6.27. The van der Waals surface area contributed by atoms with Crippen LogP contribution in [0.25, 0.3) is 0 Å². The highest BCUT2D eigenvalue weighted by molar-refractivity contribution is 5.90. The van der Waals surface area contributed by atoms with Crippen molar-refractivity contribution < 1.29 is 28.5 Å². The van der Waals surface area contributed by atoms with E-state index in [1.54, 1.807) is 60.7 Å². The number of carbonyl (C=O) groups is 2. The van der Waals surface area contributed by atoms with E-state index in [2.05, 4.69) is 11.8 Å². The Morgan fingerprint density at radius 2 is 1.20 bits per heavy atom. The standard InChI is InChI=1S/C24H22O6/c1-3-15-27-17-24(18-28-16-4-2,30-23(26)21-13-9-6-10-14-21)19-29-22(25)20-11-7-5-8-12-20/h1-2,5-14H,15-19H2. The molecule has 0 fully saturated rings. The summed E-state index contributed by atoms with van der Waals surface area (Å²) in [6, 6.07) is 16.8. The summed E-state index contributed by atoms with van der Waals surface area (Å²) in [7, 11) is 0. The van der Waals surface area contributed by atoms with Gasteiger partial charge >= 0.3 is 11.9 Å². The van der Waals surface area contributed by atoms with Crippen LogP contribution in [0.5, 0.6) is 0 Å². The fraction of sp³-hybridized carbons (Fsp3) is 0.250. The number of ether oxygens (including phenoxy) is 4. The smallest absolute Gasteiger partial charge is 0.338 e. The van der Waals surface area contributed by atoms with Crippen molar-refractivity contribution in [3.63, 3.8) is 0 Å². The zero-order valence-electron chi connectivity index (χ0n) is 16.4. The van der Waals surface area contributed by atoms with Crippen molar-refractivity contribution in [1.82, 2.24) is 0 Å². The van der Waals surface area contributed by atoms with Crippen molar-refractivity contribution in [3.05, 3.63) is 71.8 Å². The maximum Gasteiger partial charge on any atom is 0.338 e. The van der Waals surface area contributed by atoms with Gasteiger partial charge in [0.05, 0.1) is 24.3 Å². The molecular weight excluding hydrogens is 384 g/mol. The van der Waals surface area contributed by atoms with Crippen molar-refractivity contribution in [1.29, 1.82) is 0 Å². The van der Waals surface area contributed by atoms with Crippen LogP contribution in [0.15, 0.2) is 60.7 Å². The predicted octanol–water partition coefficient (Wildman–Crippen LogP) is 2.74. The Kier molecular flexibility index (Phi) is 9.15. The lowest BCUT2D eigenvalue weighted by Gasteiger charge is -2.32. The molecule has 0 aliphatic heterocycles. The molecule has 0 saturated carbocycles. The maximum absolute atomic E-state index is 12.7. The summed E-state index contributed by atoms with van der Waals surface area (Å²) < 4.78 is 21.9. The average molecular weight is 406 g/mol. The largest absolute Gasteiger partial charge is 0.458 e. The predicted molar refractivity (Wildman–Crippen MR) is 111 cm³/mol. The molecular formula is C24H22O6. The topological polar surface area (TPSA) is 71.1 Å². The Hall–Kier alpha value is -3.58. The Morgan fingerprint density at radius 3 is 1.67 bits per heavy atom. The minimum absolute atomic E-state index is 0.0214. The highest BCUT2D eigenvalue weighted by Gasteiger charge is 2.38. The number of carbonyl (C=O) groups excluding carboxylic acids is 2. The van der Waals surface area contributed by atoms with Gasteiger partial charge in [-0.05, 0) is 24.3 Å². The summed E-state index contributed by atoms with van der Waals surface area (Å²) in [6.07, 6.45) is 10.5. The van der Waals surface area contributed by atoms with Crippen LogP contribution in [-0.4, -0.2) is 50.6 Å². The second-order valence-corrected chi connectivity index (χ2v) is 6.27. The molecule has 2 aromatic carbocycles. The number of benzene rings is 2. The molecule has 2 rings (SSSR count). The fourth-order valence-electron chi connectivity index (χ4n) is 2.49. The van der Waals surface area contributed by atoms with E-state index in [1.165, 1.54) is 0 Å². The van der Waals surface area contributed by atoms with Gasteiger partial charge in [0, 0.05) is 0 Å². The first-order chi connectivity index (χ1) is 14.6. The van der Waals surface area contributed by atoms with Gasteiger partial charge in [0.2, 0.25) is 0 Å². The molecule has 30 heavy (non-hydrogen) atoms. The van der Waals surface area contributed by atoms with Crippen LogP contribution in [0.1, 0.15) is 20.7 Å². The third-order valence-corrected chi connectivity index (χ3v) is 3.90. The van der Waals surface area contributed by atoms with E-state index in [4.69, 9.17) is 31.8 Å². The molecule has 0 atom stereocenters. The minimum atomic E-state index is -1.44. The number of rotatable bonds is 11. The Balaban J connectivity index is 2.21. The van der Waals surface area contributed by atoms with E-state index in [0.717, 1.165) is 0 Å². The van der Waals surface area contributed by atoms with Crippen molar-refractivity contribution in [2.75, 3.05) is 33.0 Å². The molecule has 0 heterocycles. The van der Waals surface area contributed by atoms with Gasteiger partial charge in [-0.15, -0.1) is 12.8 Å². The zero-order valence-corrected chi connectivity index (χ0v) is 16.4. The van der Waals surface area contributed by atoms with Crippen molar-refractivity contribution in [3.8, 4) is 24.7 Å². The minimum Gasteiger partial charge on any atom is -0.458 e. The lowest BCUT2D eigenvalue weighted by molar-refractivity contribution is -0.123. The summed E-state index contributed by atoms with van der Waals surface area (Å²) in [4.78, 5) is 25.1. The molecule has 6 nitrogen and oxygen atoms in total. The first kappa shape index (κ1) is 22.7. The molecule has 0 bridgehead atoms. The quantitative estimate of drug-likeness (QED) is 0.325. The Morgan fingerprint density at radius 1 is 0.733 bits per heavy atom. The van der Waals surface area contributed by atoms with Gasteiger partial charge in [0.1, 0.15) is 19.8 Å². The van der Waals surface area contributed by atoms with Gasteiger partial charge in [-0.2, -0.15) is 0 Å². The second kappa shape index (κ2) is 12.1. The van der Waals surface area contributed by atoms with Crippen molar-refractivity contribution >= 4 is 11.9 Å². The third-order valence-electron chi connectivity index (χ3n) is 3.90. The lowest BCUT2D eigenvalue weighted by atomic mass is 10.1. The van der Waals surface area contributed by atoms with E-state index in [0.29, 0.717) is 11.1 Å². The third kappa shape index (κ3) is 7.10. The summed E-state index contributed by atoms with van der Waals surface area (Å²) in [5.74, 6) is 3.48. The van der Waals surface area contributed by atoms with Crippen LogP contribution in [-0.2, 0) is 18.9 Å². The van der Waals surface area contributed by atoms with Gasteiger partial charge in [-0.3, -0.25) is 0 Å². The monoisotopic (exact) mass is 406 g/mol. The zero-order chi connectivity index (χ0) is 21.7. The first-order valence-corrected chi connectivity index (χ1v) is 9.13. The van der Waals surface area contributed by atoms with E-state index < -0.39 is 17.5 Å². The Bertz CT molecular complexity index is 873. The van der Waals surface area contributed by atoms with Crippen LogP contribution >= 0.6 is 0 Å². The van der Waals surface area contributed by atoms with Crippen LogP contribution in [0.4, 0.5) is 0 Å². The molecule has 0 aliphatic carbocycles. The van der Waals surface area contributed by atoms with Gasteiger partial charge in [-0.1, -0.05) is 48.2 Å². The molecule has 0 amide bonds. The molecule has 0 aliphatic rings. The highest BCUT2D eigenvalue weighted by Crippen LogP contribution is 2.19. The number of terminal acetylenes is 2. The van der Waals surface area contributed by atoms with E-state index in [9.17, 15) is 9.59 Å². The van der Waals surface area contributed by atoms with Crippen molar-refractivity contribution in [2.45, 2.75) is 5.60 Å². The van der Waals surface area contributed by atoms with E-state index >= 15 is 0 Å². The summed E-state index contributed by atoms with van der Waals surface area (Å²) >= 11 is 0. The molecule has 0 spiro atoms. The molecule has 0 N–H and O–H groups in total. The van der Waals surface area contributed by atoms with E-state index in [1.807, 2.05) is 0 Å². The lowest BCUT2D eigenvalue weighted by Crippen LogP contribution is -2.49. The molecule has 0 saturated heterocycles. The molecule has 0 aromatic heterocycles. The summed E-state index contributed by atoms with van der Waals surface area (Å²) in [5, 5.41) is 0. The molecule has 2 aromatic rings. The molecule has 0 unspecified atom stereocenters. The van der Waals surface area contributed by atoms with Gasteiger partial charge < -0.3 is 18.9 Å². The normalized spacial score (nSPS) is 10.5. The summed E-state index contributed by atoms with van der Waals surface area (Å²) in [5.41, 5.74) is -0.759. The number of hydrogen-bond donors (Lipinski definition) is 0. The number of hydrogen-bond acceptors (Lipinski definition) is 6. The van der Waals surface area contributed by atoms with Gasteiger partial charge in [0.25, 0.3) is 0 Å². The van der Waals surface area contributed by atoms with Crippen LogP contribution in [0.2, 0.25) is 0 Å². The van der Waals surface area contributed by atoms with E-state index in [-0.39, 0.29) is 33.0 Å². The van der Waals surface area contributed by atoms with Crippen LogP contribution < -0.4 is 0 Å². The Labute approximate surface area is 176 Å². The van der Waals surface area contributed by atoms with Crippen LogP contribution in [0, 0.1) is 24.7 Å². The summed E-state index contributed by atoms with van der Waals surface area (Å²) in [6.45, 7) is -0.655. The SMILES string of the molecule is C#CCOCC(COCC#C)(COC(=O)c1ccccc1)OC(=O)c1ccccc1. The van der Waals surface area contributed by atoms with Gasteiger partial charge in [0.15, 0.2) is 5.60 Å². The molecule has 6 heteroatoms.